The molecule has 106 valence electrons. The molecule has 2 aromatic heterocycles. The van der Waals surface area contributed by atoms with E-state index in [2.05, 4.69) is 10.2 Å². The van der Waals surface area contributed by atoms with Gasteiger partial charge in [-0.1, -0.05) is 17.7 Å². The Morgan fingerprint density at radius 3 is 2.85 bits per heavy atom. The van der Waals surface area contributed by atoms with Crippen LogP contribution >= 0.6 is 22.9 Å². The van der Waals surface area contributed by atoms with Gasteiger partial charge < -0.3 is 9.64 Å². The molecule has 0 aliphatic heterocycles. The highest BCUT2D eigenvalue weighted by molar-refractivity contribution is 7.09. The second-order valence-electron chi connectivity index (χ2n) is 4.04. The first-order chi connectivity index (χ1) is 9.70. The number of methoxy groups -OCH3 is 1. The molecule has 0 aliphatic carbocycles. The summed E-state index contributed by atoms with van der Waals surface area (Å²) >= 11 is 7.29. The smallest absolute Gasteiger partial charge is 0.274 e. The third-order valence-corrected chi connectivity index (χ3v) is 3.69. The molecule has 1 amide bonds. The number of aromatic nitrogens is 2. The largest absolute Gasteiger partial charge is 0.383 e. The van der Waals surface area contributed by atoms with Gasteiger partial charge in [-0.25, -0.2) is 0 Å². The minimum absolute atomic E-state index is 0.181. The van der Waals surface area contributed by atoms with Crippen LogP contribution < -0.4 is 0 Å². The molecular formula is C13H14ClN3O2S. The summed E-state index contributed by atoms with van der Waals surface area (Å²) in [5, 5.41) is 9.77. The van der Waals surface area contributed by atoms with Crippen LogP contribution in [-0.4, -0.2) is 41.3 Å². The average Bonchev–Trinajstić information content (AvgIpc) is 2.96. The Morgan fingerprint density at radius 1 is 1.40 bits per heavy atom. The van der Waals surface area contributed by atoms with Crippen molar-refractivity contribution in [1.82, 2.24) is 15.1 Å². The summed E-state index contributed by atoms with van der Waals surface area (Å²) in [7, 11) is 1.61. The van der Waals surface area contributed by atoms with Crippen molar-refractivity contribution in [3.63, 3.8) is 0 Å². The fourth-order valence-corrected chi connectivity index (χ4v) is 2.46. The summed E-state index contributed by atoms with van der Waals surface area (Å²) in [6.07, 6.45) is 0. The van der Waals surface area contributed by atoms with Crippen LogP contribution in [0, 0.1) is 0 Å². The molecule has 7 heteroatoms. The minimum Gasteiger partial charge on any atom is -0.383 e. The number of hydrogen-bond acceptors (Lipinski definition) is 5. The summed E-state index contributed by atoms with van der Waals surface area (Å²) < 4.78 is 5.05. The Bertz CT molecular complexity index is 545. The second-order valence-corrected chi connectivity index (χ2v) is 5.46. The van der Waals surface area contributed by atoms with Crippen LogP contribution in [0.5, 0.6) is 0 Å². The van der Waals surface area contributed by atoms with E-state index in [-0.39, 0.29) is 16.8 Å². The lowest BCUT2D eigenvalue weighted by atomic mass is 10.3. The van der Waals surface area contributed by atoms with Gasteiger partial charge in [0.25, 0.3) is 5.91 Å². The Hall–Kier alpha value is -1.50. The monoisotopic (exact) mass is 311 g/mol. The summed E-state index contributed by atoms with van der Waals surface area (Å²) in [5.74, 6) is -0.181. The number of amides is 1. The van der Waals surface area contributed by atoms with Crippen molar-refractivity contribution >= 4 is 28.8 Å². The highest BCUT2D eigenvalue weighted by Crippen LogP contribution is 2.14. The Kier molecular flexibility index (Phi) is 5.46. The highest BCUT2D eigenvalue weighted by atomic mass is 35.5. The number of thiophene rings is 1. The van der Waals surface area contributed by atoms with E-state index in [1.807, 2.05) is 17.5 Å². The van der Waals surface area contributed by atoms with E-state index in [0.717, 1.165) is 4.88 Å². The first-order valence-corrected chi connectivity index (χ1v) is 7.26. The molecule has 0 aromatic carbocycles. The summed E-state index contributed by atoms with van der Waals surface area (Å²) in [6.45, 7) is 1.50. The van der Waals surface area contributed by atoms with Crippen LogP contribution in [0.15, 0.2) is 29.6 Å². The van der Waals surface area contributed by atoms with Crippen molar-refractivity contribution in [3.05, 3.63) is 45.4 Å². The van der Waals surface area contributed by atoms with Gasteiger partial charge in [0.1, 0.15) is 0 Å². The third-order valence-electron chi connectivity index (χ3n) is 2.63. The van der Waals surface area contributed by atoms with Crippen molar-refractivity contribution in [2.45, 2.75) is 6.54 Å². The van der Waals surface area contributed by atoms with Crippen molar-refractivity contribution in [2.24, 2.45) is 0 Å². The number of halogens is 1. The predicted octanol–water partition coefficient (Wildman–Crippen LogP) is 2.48. The molecule has 0 aliphatic rings. The summed E-state index contributed by atoms with van der Waals surface area (Å²) in [6, 6.07) is 7.08. The van der Waals surface area contributed by atoms with E-state index in [1.165, 1.54) is 0 Å². The molecule has 0 unspecified atom stereocenters. The molecular weight excluding hydrogens is 298 g/mol. The van der Waals surface area contributed by atoms with E-state index in [0.29, 0.717) is 19.7 Å². The predicted molar refractivity (Wildman–Crippen MR) is 78.0 cm³/mol. The van der Waals surface area contributed by atoms with Gasteiger partial charge in [-0.05, 0) is 23.6 Å². The van der Waals surface area contributed by atoms with Crippen molar-refractivity contribution in [2.75, 3.05) is 20.3 Å². The van der Waals surface area contributed by atoms with E-state index in [4.69, 9.17) is 16.3 Å². The topological polar surface area (TPSA) is 55.3 Å². The van der Waals surface area contributed by atoms with Crippen LogP contribution in [-0.2, 0) is 11.3 Å². The van der Waals surface area contributed by atoms with Crippen LogP contribution in [0.3, 0.4) is 0 Å². The van der Waals surface area contributed by atoms with Crippen LogP contribution in [0.25, 0.3) is 0 Å². The normalized spacial score (nSPS) is 10.5. The minimum atomic E-state index is -0.181. The van der Waals surface area contributed by atoms with E-state index in [9.17, 15) is 4.79 Å². The molecule has 0 saturated heterocycles. The first-order valence-electron chi connectivity index (χ1n) is 6.00. The summed E-state index contributed by atoms with van der Waals surface area (Å²) in [5.41, 5.74) is 0.280. The molecule has 20 heavy (non-hydrogen) atoms. The number of carbonyl (C=O) groups is 1. The van der Waals surface area contributed by atoms with Gasteiger partial charge in [-0.2, -0.15) is 0 Å². The van der Waals surface area contributed by atoms with Gasteiger partial charge in [-0.3, -0.25) is 4.79 Å². The van der Waals surface area contributed by atoms with E-state index >= 15 is 0 Å². The zero-order chi connectivity index (χ0) is 14.4. The highest BCUT2D eigenvalue weighted by Gasteiger charge is 2.18. The zero-order valence-electron chi connectivity index (χ0n) is 11.0. The van der Waals surface area contributed by atoms with Gasteiger partial charge >= 0.3 is 0 Å². The van der Waals surface area contributed by atoms with Crippen LogP contribution in [0.4, 0.5) is 0 Å². The summed E-state index contributed by atoms with van der Waals surface area (Å²) in [4.78, 5) is 15.2. The molecule has 0 atom stereocenters. The molecule has 0 bridgehead atoms. The number of hydrogen-bond donors (Lipinski definition) is 0. The molecule has 0 radical (unpaired) electrons. The zero-order valence-corrected chi connectivity index (χ0v) is 12.5. The molecule has 5 nitrogen and oxygen atoms in total. The quantitative estimate of drug-likeness (QED) is 0.822. The van der Waals surface area contributed by atoms with Gasteiger partial charge in [-0.15, -0.1) is 21.5 Å². The van der Waals surface area contributed by atoms with Gasteiger partial charge in [0.15, 0.2) is 10.8 Å². The molecule has 0 saturated carbocycles. The Morgan fingerprint density at radius 2 is 2.25 bits per heavy atom. The van der Waals surface area contributed by atoms with Gasteiger partial charge in [0.2, 0.25) is 0 Å². The lowest BCUT2D eigenvalue weighted by Gasteiger charge is -2.21. The Balaban J connectivity index is 2.12. The first kappa shape index (κ1) is 14.9. The van der Waals surface area contributed by atoms with E-state index < -0.39 is 0 Å². The fourth-order valence-electron chi connectivity index (χ4n) is 1.64. The molecule has 2 rings (SSSR count). The molecule has 0 fully saturated rings. The number of rotatable bonds is 6. The number of carbonyl (C=O) groups excluding carboxylic acids is 1. The lowest BCUT2D eigenvalue weighted by Crippen LogP contribution is -2.33. The van der Waals surface area contributed by atoms with Crippen molar-refractivity contribution in [3.8, 4) is 0 Å². The van der Waals surface area contributed by atoms with Gasteiger partial charge in [0.05, 0.1) is 13.2 Å². The Labute approximate surface area is 126 Å². The lowest BCUT2D eigenvalue weighted by molar-refractivity contribution is 0.0675. The maximum atomic E-state index is 12.4. The molecule has 0 N–H and O–H groups in total. The van der Waals surface area contributed by atoms with Crippen molar-refractivity contribution < 1.29 is 9.53 Å². The molecule has 0 spiro atoms. The average molecular weight is 312 g/mol. The SMILES string of the molecule is COCCN(Cc1cccs1)C(=O)c1ccc(Cl)nn1. The van der Waals surface area contributed by atoms with Crippen LogP contribution in [0.1, 0.15) is 15.4 Å². The van der Waals surface area contributed by atoms with E-state index in [1.54, 1.807) is 35.5 Å². The number of nitrogens with zero attached hydrogens (tertiary/aromatic N) is 3. The molecule has 2 heterocycles. The third kappa shape index (κ3) is 4.00. The van der Waals surface area contributed by atoms with Gasteiger partial charge in [0, 0.05) is 18.5 Å². The second kappa shape index (κ2) is 7.33. The van der Waals surface area contributed by atoms with Crippen molar-refractivity contribution in [1.29, 1.82) is 0 Å². The number of ether oxygens (including phenoxy) is 1. The fraction of sp³-hybridized carbons (Fsp3) is 0.308. The standard InChI is InChI=1S/C13H14ClN3O2S/c1-19-7-6-17(9-10-3-2-8-20-10)13(18)11-4-5-12(14)16-15-11/h2-5,8H,6-7,9H2,1H3. The maximum Gasteiger partial charge on any atom is 0.274 e. The molecule has 2 aromatic rings. The van der Waals surface area contributed by atoms with Crippen LogP contribution in [0.2, 0.25) is 5.15 Å². The maximum absolute atomic E-state index is 12.4.